The Morgan fingerprint density at radius 2 is 1.49 bits per heavy atom. The van der Waals surface area contributed by atoms with E-state index in [0.29, 0.717) is 28.0 Å². The fourth-order valence-electron chi connectivity index (χ4n) is 4.98. The first-order valence-electron chi connectivity index (χ1n) is 13.3. The Kier molecular flexibility index (Phi) is 9.75. The molecule has 11 nitrogen and oxygen atoms in total. The van der Waals surface area contributed by atoms with Gasteiger partial charge in [0, 0.05) is 31.7 Å². The number of aliphatic carboxylic acids is 2. The summed E-state index contributed by atoms with van der Waals surface area (Å²) < 4.78 is 5.39. The molecule has 3 amide bonds. The Hall–Kier alpha value is -4.41. The van der Waals surface area contributed by atoms with E-state index in [0.717, 1.165) is 0 Å². The molecule has 0 aromatic heterocycles. The standard InChI is InChI=1S/C30H37N3O8/c1-17(34)33-16-21-20(11-8-12-24(21)41-5)26(33)27(36)32-23(29(39)40)14-19-10-7-6-9-18(19)13-22(28(37)38)31-25(35)15-30(2,3)4/h6-12,22-23,26H,13-16H2,1-5H3,(H,31,35)(H,32,36)(H,37,38)(H,39,40). The van der Waals surface area contributed by atoms with Gasteiger partial charge in [-0.3, -0.25) is 14.4 Å². The van der Waals surface area contributed by atoms with Gasteiger partial charge in [-0.2, -0.15) is 0 Å². The highest BCUT2D eigenvalue weighted by Crippen LogP contribution is 2.39. The molecule has 1 aliphatic rings. The summed E-state index contributed by atoms with van der Waals surface area (Å²) in [4.78, 5) is 63.9. The first-order chi connectivity index (χ1) is 19.2. The normalized spacial score (nSPS) is 15.8. The summed E-state index contributed by atoms with van der Waals surface area (Å²) in [5.74, 6) is -3.40. The van der Waals surface area contributed by atoms with E-state index in [1.54, 1.807) is 42.5 Å². The summed E-state index contributed by atoms with van der Waals surface area (Å²) in [6.45, 7) is 7.09. The van der Waals surface area contributed by atoms with Gasteiger partial charge in [0.05, 0.1) is 13.7 Å². The van der Waals surface area contributed by atoms with E-state index in [2.05, 4.69) is 10.6 Å². The smallest absolute Gasteiger partial charge is 0.326 e. The molecule has 41 heavy (non-hydrogen) atoms. The van der Waals surface area contributed by atoms with Gasteiger partial charge in [0.2, 0.25) is 17.7 Å². The monoisotopic (exact) mass is 567 g/mol. The van der Waals surface area contributed by atoms with Crippen molar-refractivity contribution < 1.29 is 38.9 Å². The van der Waals surface area contributed by atoms with Gasteiger partial charge >= 0.3 is 11.9 Å². The molecular weight excluding hydrogens is 530 g/mol. The molecule has 0 saturated heterocycles. The van der Waals surface area contributed by atoms with Crippen molar-refractivity contribution in [3.8, 4) is 5.75 Å². The number of carbonyl (C=O) groups is 5. The highest BCUT2D eigenvalue weighted by atomic mass is 16.5. The molecule has 3 unspecified atom stereocenters. The van der Waals surface area contributed by atoms with Crippen LogP contribution in [0.2, 0.25) is 0 Å². The van der Waals surface area contributed by atoms with Crippen LogP contribution in [-0.4, -0.2) is 64.0 Å². The Balaban J connectivity index is 1.83. The average Bonchev–Trinajstić information content (AvgIpc) is 3.28. The summed E-state index contributed by atoms with van der Waals surface area (Å²) >= 11 is 0. The maximum atomic E-state index is 13.5. The zero-order valence-electron chi connectivity index (χ0n) is 23.9. The Labute approximate surface area is 238 Å². The van der Waals surface area contributed by atoms with Gasteiger partial charge in [0.1, 0.15) is 23.9 Å². The van der Waals surface area contributed by atoms with Gasteiger partial charge < -0.3 is 30.5 Å². The molecule has 0 spiro atoms. The second kappa shape index (κ2) is 12.8. The second-order valence-corrected chi connectivity index (χ2v) is 11.3. The van der Waals surface area contributed by atoms with Gasteiger partial charge in [0.25, 0.3) is 0 Å². The van der Waals surface area contributed by atoms with Gasteiger partial charge in [-0.05, 0) is 28.2 Å². The van der Waals surface area contributed by atoms with Crippen LogP contribution < -0.4 is 15.4 Å². The Morgan fingerprint density at radius 1 is 0.927 bits per heavy atom. The molecule has 0 bridgehead atoms. The number of hydrogen-bond acceptors (Lipinski definition) is 6. The molecule has 11 heteroatoms. The van der Waals surface area contributed by atoms with E-state index in [9.17, 15) is 34.2 Å². The molecule has 0 fully saturated rings. The number of nitrogens with one attached hydrogen (secondary N) is 2. The number of benzene rings is 2. The molecule has 1 heterocycles. The van der Waals surface area contributed by atoms with E-state index < -0.39 is 41.9 Å². The number of nitrogens with zero attached hydrogens (tertiary/aromatic N) is 1. The molecule has 0 radical (unpaired) electrons. The van der Waals surface area contributed by atoms with Crippen molar-refractivity contribution >= 4 is 29.7 Å². The van der Waals surface area contributed by atoms with E-state index in [1.165, 1.54) is 18.9 Å². The third-order valence-electron chi connectivity index (χ3n) is 6.88. The lowest BCUT2D eigenvalue weighted by Crippen LogP contribution is -2.47. The van der Waals surface area contributed by atoms with Crippen LogP contribution in [0.15, 0.2) is 42.5 Å². The minimum absolute atomic E-state index is 0.0738. The zero-order chi connectivity index (χ0) is 30.5. The number of ether oxygens (including phenoxy) is 1. The number of hydrogen-bond donors (Lipinski definition) is 4. The maximum absolute atomic E-state index is 13.5. The van der Waals surface area contributed by atoms with E-state index >= 15 is 0 Å². The van der Waals surface area contributed by atoms with Gasteiger partial charge in [-0.25, -0.2) is 9.59 Å². The van der Waals surface area contributed by atoms with E-state index in [-0.39, 0.29) is 37.1 Å². The predicted molar refractivity (Wildman–Crippen MR) is 149 cm³/mol. The fourth-order valence-corrected chi connectivity index (χ4v) is 4.98. The fraction of sp³-hybridized carbons (Fsp3) is 0.433. The molecule has 3 atom stereocenters. The summed E-state index contributed by atoms with van der Waals surface area (Å²) in [5, 5.41) is 24.9. The number of carboxylic acids is 2. The van der Waals surface area contributed by atoms with Gasteiger partial charge in [-0.15, -0.1) is 0 Å². The van der Waals surface area contributed by atoms with Gasteiger partial charge in [0.15, 0.2) is 0 Å². The van der Waals surface area contributed by atoms with Gasteiger partial charge in [-0.1, -0.05) is 57.2 Å². The van der Waals surface area contributed by atoms with Crippen molar-refractivity contribution in [2.24, 2.45) is 5.41 Å². The van der Waals surface area contributed by atoms with Crippen molar-refractivity contribution in [3.63, 3.8) is 0 Å². The molecule has 0 aliphatic carbocycles. The average molecular weight is 568 g/mol. The maximum Gasteiger partial charge on any atom is 0.326 e. The lowest BCUT2D eigenvalue weighted by molar-refractivity contribution is -0.144. The third kappa shape index (κ3) is 7.84. The lowest BCUT2D eigenvalue weighted by atomic mass is 9.91. The number of carbonyl (C=O) groups excluding carboxylic acids is 3. The second-order valence-electron chi connectivity index (χ2n) is 11.3. The zero-order valence-corrected chi connectivity index (χ0v) is 23.9. The Morgan fingerprint density at radius 3 is 1.98 bits per heavy atom. The number of rotatable bonds is 11. The van der Waals surface area contributed by atoms with Crippen LogP contribution in [0, 0.1) is 5.41 Å². The molecule has 2 aromatic carbocycles. The largest absolute Gasteiger partial charge is 0.496 e. The molecule has 220 valence electrons. The summed E-state index contributed by atoms with van der Waals surface area (Å²) in [7, 11) is 1.49. The molecule has 1 aliphatic heterocycles. The van der Waals surface area contributed by atoms with Crippen molar-refractivity contribution in [1.29, 1.82) is 0 Å². The van der Waals surface area contributed by atoms with Crippen LogP contribution in [0.1, 0.15) is 62.4 Å². The highest BCUT2D eigenvalue weighted by molar-refractivity contribution is 5.92. The van der Waals surface area contributed by atoms with Crippen LogP contribution in [0.4, 0.5) is 0 Å². The molecule has 2 aromatic rings. The quantitative estimate of drug-likeness (QED) is 0.322. The Bertz CT molecular complexity index is 1330. The summed E-state index contributed by atoms with van der Waals surface area (Å²) in [6.07, 6.45) is -0.0775. The summed E-state index contributed by atoms with van der Waals surface area (Å²) in [5.41, 5.74) is 1.93. The minimum atomic E-state index is -1.37. The third-order valence-corrected chi connectivity index (χ3v) is 6.88. The first kappa shape index (κ1) is 31.1. The number of methoxy groups -OCH3 is 1. The molecular formula is C30H37N3O8. The molecule has 0 saturated carbocycles. The van der Waals surface area contributed by atoms with Crippen LogP contribution in [0.3, 0.4) is 0 Å². The van der Waals surface area contributed by atoms with Crippen LogP contribution >= 0.6 is 0 Å². The van der Waals surface area contributed by atoms with Crippen LogP contribution in [0.25, 0.3) is 0 Å². The number of amides is 3. The highest BCUT2D eigenvalue weighted by Gasteiger charge is 2.40. The predicted octanol–water partition coefficient (Wildman–Crippen LogP) is 2.46. The first-order valence-corrected chi connectivity index (χ1v) is 13.3. The number of fused-ring (bicyclic) bond motifs is 1. The van der Waals surface area contributed by atoms with Crippen LogP contribution in [0.5, 0.6) is 5.75 Å². The van der Waals surface area contributed by atoms with E-state index in [1.807, 2.05) is 20.8 Å². The van der Waals surface area contributed by atoms with Crippen molar-refractivity contribution in [2.75, 3.05) is 7.11 Å². The summed E-state index contributed by atoms with van der Waals surface area (Å²) in [6, 6.07) is 8.20. The lowest BCUT2D eigenvalue weighted by Gasteiger charge is -2.25. The van der Waals surface area contributed by atoms with Crippen LogP contribution in [-0.2, 0) is 43.4 Å². The van der Waals surface area contributed by atoms with E-state index in [4.69, 9.17) is 4.74 Å². The van der Waals surface area contributed by atoms with Crippen molar-refractivity contribution in [1.82, 2.24) is 15.5 Å². The van der Waals surface area contributed by atoms with Crippen molar-refractivity contribution in [2.45, 2.75) is 71.6 Å². The molecule has 3 rings (SSSR count). The minimum Gasteiger partial charge on any atom is -0.496 e. The molecule has 4 N–H and O–H groups in total. The number of carboxylic acid groups (broad SMARTS) is 2. The topological polar surface area (TPSA) is 162 Å². The van der Waals surface area contributed by atoms with Crippen molar-refractivity contribution in [3.05, 3.63) is 64.7 Å². The SMILES string of the molecule is COc1cccc2c1CN(C(C)=O)C2C(=O)NC(Cc1ccccc1CC(NC(=O)CC(C)(C)C)C(=O)O)C(=O)O.